The summed E-state index contributed by atoms with van der Waals surface area (Å²) in [4.78, 5) is 9.23. The first-order chi connectivity index (χ1) is 37.6. The van der Waals surface area contributed by atoms with E-state index in [1.807, 2.05) is 18.2 Å². The molecule has 0 radical (unpaired) electrons. The summed E-state index contributed by atoms with van der Waals surface area (Å²) in [7, 11) is 0. The molecule has 0 saturated carbocycles. The van der Waals surface area contributed by atoms with Gasteiger partial charge in [-0.05, 0) is 181 Å². The molecule has 2 aliphatic carbocycles. The van der Waals surface area contributed by atoms with E-state index in [1.165, 1.54) is 22.4 Å². The third kappa shape index (κ3) is 10.7. The van der Waals surface area contributed by atoms with Crippen molar-refractivity contribution in [1.82, 2.24) is 0 Å². The molecule has 0 bridgehead atoms. The van der Waals surface area contributed by atoms with Crippen molar-refractivity contribution in [2.45, 2.75) is 25.2 Å². The van der Waals surface area contributed by atoms with Crippen LogP contribution in [0.2, 0.25) is 0 Å². The van der Waals surface area contributed by atoms with Gasteiger partial charge in [-0.15, -0.1) is 0 Å². The third-order valence-corrected chi connectivity index (χ3v) is 14.1. The van der Waals surface area contributed by atoms with E-state index in [0.717, 1.165) is 93.0 Å². The second kappa shape index (κ2) is 23.1. The highest BCUT2D eigenvalue weighted by Gasteiger charge is 2.21. The van der Waals surface area contributed by atoms with Gasteiger partial charge >= 0.3 is 0 Å². The average Bonchev–Trinajstić information content (AvgIpc) is 3.50. The summed E-state index contributed by atoms with van der Waals surface area (Å²) in [5.74, 6) is 0.258. The maximum atomic E-state index is 4.09. The van der Waals surface area contributed by atoms with Gasteiger partial charge in [0.25, 0.3) is 0 Å². The van der Waals surface area contributed by atoms with Crippen LogP contribution in [0, 0.1) is 0 Å². The van der Waals surface area contributed by atoms with Gasteiger partial charge in [0.2, 0.25) is 0 Å². The van der Waals surface area contributed by atoms with Crippen molar-refractivity contribution in [2.75, 3.05) is 19.6 Å². The van der Waals surface area contributed by atoms with Crippen LogP contribution in [-0.4, -0.2) is 0 Å². The van der Waals surface area contributed by atoms with E-state index in [2.05, 4.69) is 306 Å². The molecule has 368 valence electrons. The summed E-state index contributed by atoms with van der Waals surface area (Å²) in [6.45, 7) is 8.04. The van der Waals surface area contributed by atoms with Crippen LogP contribution < -0.4 is 19.6 Å². The monoisotopic (exact) mass is 980 g/mol. The first kappa shape index (κ1) is 48.6. The largest absolute Gasteiger partial charge is 0.311 e. The first-order valence-electron chi connectivity index (χ1n) is 26.2. The lowest BCUT2D eigenvalue weighted by atomic mass is 9.91. The molecule has 0 fully saturated rings. The van der Waals surface area contributed by atoms with Crippen LogP contribution in [0.15, 0.2) is 328 Å². The smallest absolute Gasteiger partial charge is 0.0462 e. The molecule has 11 rings (SSSR count). The molecule has 0 aromatic heterocycles. The van der Waals surface area contributed by atoms with Gasteiger partial charge in [0.05, 0.1) is 0 Å². The molecule has 9 aromatic rings. The number of nitrogens with zero attached hydrogens (tertiary/aromatic N) is 4. The normalized spacial score (nSPS) is 14.0. The van der Waals surface area contributed by atoms with E-state index in [1.54, 1.807) is 6.08 Å². The Morgan fingerprint density at radius 1 is 0.368 bits per heavy atom. The van der Waals surface area contributed by atoms with Crippen LogP contribution in [0.5, 0.6) is 0 Å². The van der Waals surface area contributed by atoms with E-state index >= 15 is 0 Å². The predicted octanol–water partition coefficient (Wildman–Crippen LogP) is 20.0. The molecule has 1 atom stereocenters. The molecule has 0 amide bonds. The fourth-order valence-electron chi connectivity index (χ4n) is 10.3. The lowest BCUT2D eigenvalue weighted by Gasteiger charge is -2.29. The molecular formula is C72H60N4. The molecule has 0 spiro atoms. The Morgan fingerprint density at radius 3 is 1.12 bits per heavy atom. The van der Waals surface area contributed by atoms with Gasteiger partial charge in [0.15, 0.2) is 0 Å². The molecule has 0 N–H and O–H groups in total. The quantitative estimate of drug-likeness (QED) is 0.0843. The summed E-state index contributed by atoms with van der Waals surface area (Å²) in [6, 6.07) is 86.9. The minimum Gasteiger partial charge on any atom is -0.311 e. The Hall–Kier alpha value is -9.64. The molecule has 2 aliphatic rings. The Labute approximate surface area is 449 Å². The Balaban J connectivity index is 0.803. The number of para-hydroxylation sites is 4. The third-order valence-electron chi connectivity index (χ3n) is 14.1. The van der Waals surface area contributed by atoms with Crippen LogP contribution in [0.1, 0.15) is 30.7 Å². The van der Waals surface area contributed by atoms with E-state index in [0.29, 0.717) is 0 Å². The molecule has 0 saturated heterocycles. The SMILES string of the molecule is C=C/C=C(\C=C)N(c1ccccc1)c1ccc(C2C=CC(N(c3ccccc3)c3ccc(-c4ccc(N(c5ccccc5)c5ccc(-c6ccc(N(C7=CCCC=C7)c7ccccc7)cc6)cc5)cc4)cc3)=CC2)cc1. The number of benzene rings is 9. The summed E-state index contributed by atoms with van der Waals surface area (Å²) >= 11 is 0. The maximum absolute atomic E-state index is 4.09. The van der Waals surface area contributed by atoms with Crippen molar-refractivity contribution in [1.29, 1.82) is 0 Å². The molecule has 4 nitrogen and oxygen atoms in total. The van der Waals surface area contributed by atoms with Crippen LogP contribution in [0.4, 0.5) is 51.2 Å². The molecule has 4 heteroatoms. The average molecular weight is 981 g/mol. The lowest BCUT2D eigenvalue weighted by molar-refractivity contribution is 0.840. The fourth-order valence-corrected chi connectivity index (χ4v) is 10.3. The molecule has 76 heavy (non-hydrogen) atoms. The zero-order valence-electron chi connectivity index (χ0n) is 42.7. The van der Waals surface area contributed by atoms with Gasteiger partial charge < -0.3 is 19.6 Å². The molecule has 9 aromatic carbocycles. The zero-order chi connectivity index (χ0) is 51.5. The predicted molar refractivity (Wildman–Crippen MR) is 324 cm³/mol. The van der Waals surface area contributed by atoms with Crippen molar-refractivity contribution < 1.29 is 0 Å². The highest BCUT2D eigenvalue weighted by Crippen LogP contribution is 2.41. The maximum Gasteiger partial charge on any atom is 0.0462 e. The summed E-state index contributed by atoms with van der Waals surface area (Å²) in [5.41, 5.74) is 19.2. The highest BCUT2D eigenvalue weighted by molar-refractivity contribution is 5.82. The van der Waals surface area contributed by atoms with Gasteiger partial charge in [-0.3, -0.25) is 0 Å². The number of anilines is 9. The van der Waals surface area contributed by atoms with Crippen LogP contribution in [0.3, 0.4) is 0 Å². The van der Waals surface area contributed by atoms with Gasteiger partial charge in [-0.25, -0.2) is 0 Å². The van der Waals surface area contributed by atoms with Crippen molar-refractivity contribution in [3.63, 3.8) is 0 Å². The van der Waals surface area contributed by atoms with Crippen LogP contribution in [-0.2, 0) is 0 Å². The number of allylic oxidation sites excluding steroid dienone is 9. The Kier molecular flexibility index (Phi) is 14.7. The minimum atomic E-state index is 0.258. The molecule has 0 aliphatic heterocycles. The number of hydrogen-bond acceptors (Lipinski definition) is 4. The van der Waals surface area contributed by atoms with E-state index in [-0.39, 0.29) is 5.92 Å². The second-order valence-electron chi connectivity index (χ2n) is 18.9. The molecular weight excluding hydrogens is 921 g/mol. The zero-order valence-corrected chi connectivity index (χ0v) is 42.7. The van der Waals surface area contributed by atoms with Crippen molar-refractivity contribution in [3.05, 3.63) is 333 Å². The second-order valence-corrected chi connectivity index (χ2v) is 18.9. The topological polar surface area (TPSA) is 13.0 Å². The standard InChI is InChI=1S/C72H60N4/c1-3-20-61(4-2)73(62-21-10-5-11-22-62)67-43-31-55(32-44-67)57-35-47-69(48-36-57)75(65-27-16-8-17-28-65)71-51-39-59(40-52-71)60-41-53-72(54-42-60)76(66-29-18-9-19-30-66)70-49-37-58(38-50-70)56-33-45-68(46-34-56)74(63-23-12-6-13-24-63)64-25-14-7-15-26-64/h3-6,8-14,16-35,37-54,57H,1-2,7,15,36H2/b61-20+. The molecule has 0 heterocycles. The fraction of sp³-hybridized carbons (Fsp3) is 0.0556. The van der Waals surface area contributed by atoms with Crippen molar-refractivity contribution in [2.24, 2.45) is 0 Å². The number of hydrogen-bond donors (Lipinski definition) is 0. The van der Waals surface area contributed by atoms with Crippen LogP contribution >= 0.6 is 0 Å². The highest BCUT2D eigenvalue weighted by atomic mass is 15.2. The lowest BCUT2D eigenvalue weighted by Crippen LogP contribution is -2.17. The summed E-state index contributed by atoms with van der Waals surface area (Å²) in [5, 5.41) is 0. The number of rotatable bonds is 17. The van der Waals surface area contributed by atoms with Gasteiger partial charge in [-0.2, -0.15) is 0 Å². The van der Waals surface area contributed by atoms with Gasteiger partial charge in [-0.1, -0.05) is 177 Å². The van der Waals surface area contributed by atoms with Crippen LogP contribution in [0.25, 0.3) is 22.3 Å². The van der Waals surface area contributed by atoms with Gasteiger partial charge in [0.1, 0.15) is 0 Å². The summed E-state index contributed by atoms with van der Waals surface area (Å²) < 4.78 is 0. The summed E-state index contributed by atoms with van der Waals surface area (Å²) in [6.07, 6.45) is 22.5. The van der Waals surface area contributed by atoms with Crippen molar-refractivity contribution in [3.8, 4) is 22.3 Å². The van der Waals surface area contributed by atoms with E-state index < -0.39 is 0 Å². The Morgan fingerprint density at radius 2 is 0.737 bits per heavy atom. The van der Waals surface area contributed by atoms with Crippen molar-refractivity contribution >= 4 is 51.2 Å². The van der Waals surface area contributed by atoms with Gasteiger partial charge in [0, 0.05) is 74.2 Å². The molecule has 1 unspecified atom stereocenters. The van der Waals surface area contributed by atoms with E-state index in [9.17, 15) is 0 Å². The minimum absolute atomic E-state index is 0.258. The van der Waals surface area contributed by atoms with E-state index in [4.69, 9.17) is 0 Å². The Bertz CT molecular complexity index is 3540. The first-order valence-corrected chi connectivity index (χ1v) is 26.2.